The molecule has 13 heavy (non-hydrogen) atoms. The van der Waals surface area contributed by atoms with Crippen molar-refractivity contribution in [3.8, 4) is 11.8 Å². The Morgan fingerprint density at radius 3 is 2.92 bits per heavy atom. The molecule has 0 saturated carbocycles. The second kappa shape index (κ2) is 4.54. The minimum Gasteiger partial charge on any atom is -0.399 e. The maximum absolute atomic E-state index is 8.96. The molecule has 0 saturated heterocycles. The molecule has 0 aromatic heterocycles. The second-order valence-electron chi connectivity index (χ2n) is 2.98. The Morgan fingerprint density at radius 1 is 1.54 bits per heavy atom. The van der Waals surface area contributed by atoms with Gasteiger partial charge in [-0.2, -0.15) is 0 Å². The molecule has 1 atom stereocenters. The van der Waals surface area contributed by atoms with Gasteiger partial charge in [-0.25, -0.2) is 0 Å². The predicted molar refractivity (Wildman–Crippen MR) is 54.0 cm³/mol. The number of nitrogen functional groups attached to an aromatic ring is 1. The normalized spacial score (nSPS) is 11.5. The number of aliphatic hydroxyl groups excluding tert-OH is 1. The largest absolute Gasteiger partial charge is 0.399 e. The maximum atomic E-state index is 8.96. The van der Waals surface area contributed by atoms with Gasteiger partial charge in [0.25, 0.3) is 0 Å². The van der Waals surface area contributed by atoms with Gasteiger partial charge >= 0.3 is 0 Å². The summed E-state index contributed by atoms with van der Waals surface area (Å²) in [5, 5.41) is 8.96. The molecule has 1 aromatic rings. The van der Waals surface area contributed by atoms with Crippen molar-refractivity contribution in [2.45, 2.75) is 19.4 Å². The molecule has 0 bridgehead atoms. The summed E-state index contributed by atoms with van der Waals surface area (Å²) >= 11 is 0. The van der Waals surface area contributed by atoms with Crippen LogP contribution >= 0.6 is 0 Å². The number of hydrogen-bond donors (Lipinski definition) is 2. The van der Waals surface area contributed by atoms with E-state index in [-0.39, 0.29) is 6.10 Å². The lowest BCUT2D eigenvalue weighted by Gasteiger charge is -1.94. The Kier molecular flexibility index (Phi) is 3.36. The molecule has 1 rings (SSSR count). The van der Waals surface area contributed by atoms with E-state index in [1.54, 1.807) is 6.92 Å². The fraction of sp³-hybridized carbons (Fsp3) is 0.273. The first-order chi connectivity index (χ1) is 6.18. The summed E-state index contributed by atoms with van der Waals surface area (Å²) in [6.07, 6.45) is 0.128. The predicted octanol–water partition coefficient (Wildman–Crippen LogP) is 1.39. The molecule has 1 unspecified atom stereocenters. The molecule has 2 nitrogen and oxygen atoms in total. The smallest absolute Gasteiger partial charge is 0.0621 e. The Bertz CT molecular complexity index is 333. The van der Waals surface area contributed by atoms with Gasteiger partial charge in [-0.3, -0.25) is 0 Å². The number of rotatable bonds is 1. The molecule has 0 heterocycles. The van der Waals surface area contributed by atoms with Crippen molar-refractivity contribution in [1.29, 1.82) is 0 Å². The van der Waals surface area contributed by atoms with Crippen molar-refractivity contribution in [1.82, 2.24) is 0 Å². The average Bonchev–Trinajstić information content (AvgIpc) is 2.03. The van der Waals surface area contributed by atoms with Crippen LogP contribution in [0.25, 0.3) is 0 Å². The van der Waals surface area contributed by atoms with E-state index in [4.69, 9.17) is 10.8 Å². The molecule has 0 aliphatic heterocycles. The SMILES string of the molecule is CC(O)CC#Cc1cccc(N)c1. The van der Waals surface area contributed by atoms with Gasteiger partial charge in [-0.05, 0) is 25.1 Å². The standard InChI is InChI=1S/C11H13NO/c1-9(13)4-2-5-10-6-3-7-11(12)8-10/h3,6-9,13H,4,12H2,1H3. The van der Waals surface area contributed by atoms with Gasteiger partial charge in [0, 0.05) is 17.7 Å². The Hall–Kier alpha value is -1.46. The summed E-state index contributed by atoms with van der Waals surface area (Å²) in [6, 6.07) is 7.39. The third-order valence-corrected chi connectivity index (χ3v) is 1.52. The lowest BCUT2D eigenvalue weighted by atomic mass is 10.2. The average molecular weight is 175 g/mol. The molecule has 0 aliphatic rings. The zero-order valence-corrected chi connectivity index (χ0v) is 7.62. The van der Waals surface area contributed by atoms with Crippen molar-refractivity contribution in [2.24, 2.45) is 0 Å². The first-order valence-electron chi connectivity index (χ1n) is 4.21. The molecular formula is C11H13NO. The van der Waals surface area contributed by atoms with E-state index in [2.05, 4.69) is 11.8 Å². The lowest BCUT2D eigenvalue weighted by molar-refractivity contribution is 0.201. The molecule has 3 N–H and O–H groups in total. The fourth-order valence-electron chi connectivity index (χ4n) is 0.917. The summed E-state index contributed by atoms with van der Waals surface area (Å²) in [7, 11) is 0. The van der Waals surface area contributed by atoms with Crippen LogP contribution in [0.2, 0.25) is 0 Å². The molecule has 1 aromatic carbocycles. The first kappa shape index (κ1) is 9.63. The minimum absolute atomic E-state index is 0.367. The molecule has 0 amide bonds. The van der Waals surface area contributed by atoms with Crippen molar-refractivity contribution in [3.63, 3.8) is 0 Å². The van der Waals surface area contributed by atoms with Gasteiger partial charge in [0.2, 0.25) is 0 Å². The number of anilines is 1. The topological polar surface area (TPSA) is 46.2 Å². The van der Waals surface area contributed by atoms with Crippen LogP contribution in [-0.2, 0) is 0 Å². The van der Waals surface area contributed by atoms with Crippen molar-refractivity contribution in [2.75, 3.05) is 5.73 Å². The minimum atomic E-state index is -0.367. The molecule has 68 valence electrons. The second-order valence-corrected chi connectivity index (χ2v) is 2.98. The summed E-state index contributed by atoms with van der Waals surface area (Å²) in [5.74, 6) is 5.80. The zero-order chi connectivity index (χ0) is 9.68. The van der Waals surface area contributed by atoms with Crippen LogP contribution in [0, 0.1) is 11.8 Å². The molecule has 2 heteroatoms. The highest BCUT2D eigenvalue weighted by Crippen LogP contribution is 2.04. The summed E-state index contributed by atoms with van der Waals surface area (Å²) < 4.78 is 0. The highest BCUT2D eigenvalue weighted by Gasteiger charge is 1.89. The van der Waals surface area contributed by atoms with E-state index in [0.717, 1.165) is 5.56 Å². The highest BCUT2D eigenvalue weighted by atomic mass is 16.3. The maximum Gasteiger partial charge on any atom is 0.0621 e. The monoisotopic (exact) mass is 175 g/mol. The van der Waals surface area contributed by atoms with Gasteiger partial charge in [0.1, 0.15) is 0 Å². The number of benzene rings is 1. The molecule has 0 fully saturated rings. The van der Waals surface area contributed by atoms with Crippen molar-refractivity contribution < 1.29 is 5.11 Å². The van der Waals surface area contributed by atoms with Crippen LogP contribution < -0.4 is 5.73 Å². The number of nitrogens with two attached hydrogens (primary N) is 1. The van der Waals surface area contributed by atoms with Gasteiger partial charge in [-0.15, -0.1) is 0 Å². The van der Waals surface area contributed by atoms with E-state index in [0.29, 0.717) is 12.1 Å². The van der Waals surface area contributed by atoms with E-state index in [1.807, 2.05) is 24.3 Å². The van der Waals surface area contributed by atoms with E-state index >= 15 is 0 Å². The summed E-state index contributed by atoms with van der Waals surface area (Å²) in [4.78, 5) is 0. The fourth-order valence-corrected chi connectivity index (χ4v) is 0.917. The van der Waals surface area contributed by atoms with Crippen molar-refractivity contribution in [3.05, 3.63) is 29.8 Å². The third-order valence-electron chi connectivity index (χ3n) is 1.52. The van der Waals surface area contributed by atoms with E-state index < -0.39 is 0 Å². The number of hydrogen-bond acceptors (Lipinski definition) is 2. The number of aliphatic hydroxyl groups is 1. The molecule has 0 aliphatic carbocycles. The van der Waals surface area contributed by atoms with Crippen LogP contribution in [0.15, 0.2) is 24.3 Å². The van der Waals surface area contributed by atoms with E-state index in [1.165, 1.54) is 0 Å². The van der Waals surface area contributed by atoms with Crippen LogP contribution in [0.1, 0.15) is 18.9 Å². The summed E-state index contributed by atoms with van der Waals surface area (Å²) in [6.45, 7) is 1.72. The van der Waals surface area contributed by atoms with Gasteiger partial charge < -0.3 is 10.8 Å². The van der Waals surface area contributed by atoms with Crippen LogP contribution in [-0.4, -0.2) is 11.2 Å². The van der Waals surface area contributed by atoms with Crippen LogP contribution in [0.3, 0.4) is 0 Å². The quantitative estimate of drug-likeness (QED) is 0.500. The third kappa shape index (κ3) is 3.64. The Morgan fingerprint density at radius 2 is 2.31 bits per heavy atom. The first-order valence-corrected chi connectivity index (χ1v) is 4.21. The summed E-state index contributed by atoms with van der Waals surface area (Å²) in [5.41, 5.74) is 7.17. The zero-order valence-electron chi connectivity index (χ0n) is 7.62. The van der Waals surface area contributed by atoms with Gasteiger partial charge in [0.05, 0.1) is 6.10 Å². The van der Waals surface area contributed by atoms with Crippen LogP contribution in [0.5, 0.6) is 0 Å². The Balaban J connectivity index is 2.66. The highest BCUT2D eigenvalue weighted by molar-refractivity contribution is 5.46. The lowest BCUT2D eigenvalue weighted by Crippen LogP contribution is -1.95. The van der Waals surface area contributed by atoms with Crippen molar-refractivity contribution >= 4 is 5.69 Å². The molecule has 0 radical (unpaired) electrons. The molecular weight excluding hydrogens is 162 g/mol. The molecule has 0 spiro atoms. The van der Waals surface area contributed by atoms with Crippen LogP contribution in [0.4, 0.5) is 5.69 Å². The van der Waals surface area contributed by atoms with E-state index in [9.17, 15) is 0 Å². The van der Waals surface area contributed by atoms with Gasteiger partial charge in [-0.1, -0.05) is 17.9 Å². The van der Waals surface area contributed by atoms with Gasteiger partial charge in [0.15, 0.2) is 0 Å². The Labute approximate surface area is 78.4 Å².